The summed E-state index contributed by atoms with van der Waals surface area (Å²) in [6, 6.07) is 0. The van der Waals surface area contributed by atoms with E-state index in [2.05, 4.69) is 33.8 Å². The monoisotopic (exact) mass is 232 g/mol. The highest BCUT2D eigenvalue weighted by atomic mass is 28.2. The zero-order chi connectivity index (χ0) is 12.3. The second kappa shape index (κ2) is 10.4. The SMILES string of the molecule is CC(C)(C)O[SiH3].CC=CC(CCC)OC. The van der Waals surface area contributed by atoms with Crippen LogP contribution in [0.1, 0.15) is 47.5 Å². The van der Waals surface area contributed by atoms with Crippen molar-refractivity contribution in [3.63, 3.8) is 0 Å². The smallest absolute Gasteiger partial charge is 0.146 e. The molecule has 0 aromatic heterocycles. The molecule has 0 aliphatic heterocycles. The Labute approximate surface area is 98.6 Å². The Morgan fingerprint density at radius 3 is 2.00 bits per heavy atom. The Hall–Kier alpha value is -0.123. The Bertz CT molecular complexity index is 150. The maximum absolute atomic E-state index is 5.14. The van der Waals surface area contributed by atoms with E-state index in [1.807, 2.05) is 13.0 Å². The molecule has 0 aliphatic rings. The van der Waals surface area contributed by atoms with Crippen LogP contribution in [0.2, 0.25) is 0 Å². The first-order chi connectivity index (χ1) is 6.91. The van der Waals surface area contributed by atoms with Crippen LogP contribution in [0.25, 0.3) is 0 Å². The maximum atomic E-state index is 5.14. The molecule has 0 radical (unpaired) electrons. The van der Waals surface area contributed by atoms with Gasteiger partial charge in [0.2, 0.25) is 0 Å². The van der Waals surface area contributed by atoms with Gasteiger partial charge in [0.25, 0.3) is 0 Å². The number of rotatable bonds is 4. The molecule has 1 unspecified atom stereocenters. The third-order valence-corrected chi connectivity index (χ3v) is 3.12. The molecule has 0 rings (SSSR count). The van der Waals surface area contributed by atoms with E-state index < -0.39 is 0 Å². The summed E-state index contributed by atoms with van der Waals surface area (Å²) in [6.45, 7) is 10.3. The molecule has 0 bridgehead atoms. The quantitative estimate of drug-likeness (QED) is 0.547. The summed E-state index contributed by atoms with van der Waals surface area (Å²) < 4.78 is 10.2. The Balaban J connectivity index is 0. The number of allylic oxidation sites excluding steroid dienone is 1. The lowest BCUT2D eigenvalue weighted by Crippen LogP contribution is -2.16. The van der Waals surface area contributed by atoms with Crippen LogP contribution in [-0.2, 0) is 9.16 Å². The molecule has 0 aliphatic carbocycles. The largest absolute Gasteiger partial charge is 0.423 e. The summed E-state index contributed by atoms with van der Waals surface area (Å²) in [5, 5.41) is 0. The minimum absolute atomic E-state index is 0.103. The summed E-state index contributed by atoms with van der Waals surface area (Å²) >= 11 is 0. The fourth-order valence-electron chi connectivity index (χ4n) is 0.792. The zero-order valence-electron chi connectivity index (χ0n) is 11.5. The molecule has 0 aromatic carbocycles. The summed E-state index contributed by atoms with van der Waals surface area (Å²) in [5.41, 5.74) is 0.103. The Morgan fingerprint density at radius 2 is 1.80 bits per heavy atom. The topological polar surface area (TPSA) is 18.5 Å². The molecule has 2 nitrogen and oxygen atoms in total. The van der Waals surface area contributed by atoms with Gasteiger partial charge in [-0.05, 0) is 34.1 Å². The average Bonchev–Trinajstić information content (AvgIpc) is 2.17. The first-order valence-electron chi connectivity index (χ1n) is 5.62. The molecule has 0 heterocycles. The molecular weight excluding hydrogens is 204 g/mol. The van der Waals surface area contributed by atoms with E-state index in [9.17, 15) is 0 Å². The Kier molecular flexibility index (Phi) is 12.0. The van der Waals surface area contributed by atoms with Crippen LogP contribution in [0, 0.1) is 0 Å². The lowest BCUT2D eigenvalue weighted by Gasteiger charge is -2.15. The van der Waals surface area contributed by atoms with Crippen molar-refractivity contribution < 1.29 is 9.16 Å². The lowest BCUT2D eigenvalue weighted by molar-refractivity contribution is 0.133. The average molecular weight is 232 g/mol. The first-order valence-corrected chi connectivity index (χ1v) is 6.43. The molecule has 0 saturated carbocycles. The highest BCUT2D eigenvalue weighted by molar-refractivity contribution is 5.98. The van der Waals surface area contributed by atoms with Crippen molar-refractivity contribution in [2.75, 3.05) is 7.11 Å². The highest BCUT2D eigenvalue weighted by Gasteiger charge is 2.03. The van der Waals surface area contributed by atoms with E-state index in [0.29, 0.717) is 6.10 Å². The van der Waals surface area contributed by atoms with Crippen molar-refractivity contribution in [1.82, 2.24) is 0 Å². The second-order valence-corrected chi connectivity index (χ2v) is 4.81. The Morgan fingerprint density at radius 1 is 1.33 bits per heavy atom. The van der Waals surface area contributed by atoms with Crippen LogP contribution in [0.3, 0.4) is 0 Å². The predicted molar refractivity (Wildman–Crippen MR) is 71.3 cm³/mol. The predicted octanol–water partition coefficient (Wildman–Crippen LogP) is 2.46. The molecule has 0 spiro atoms. The van der Waals surface area contributed by atoms with Crippen LogP contribution >= 0.6 is 0 Å². The van der Waals surface area contributed by atoms with Gasteiger partial charge in [-0.15, -0.1) is 0 Å². The molecule has 92 valence electrons. The van der Waals surface area contributed by atoms with Gasteiger partial charge in [-0.1, -0.05) is 25.5 Å². The van der Waals surface area contributed by atoms with Crippen molar-refractivity contribution in [3.8, 4) is 0 Å². The lowest BCUT2D eigenvalue weighted by atomic mass is 10.2. The van der Waals surface area contributed by atoms with Gasteiger partial charge in [0, 0.05) is 12.7 Å². The standard InChI is InChI=1S/C8H16O.C4H12OSi/c1-4-6-8(9-3)7-5-2;1-4(2,3)5-6/h4,6,8H,5,7H2,1-3H3;1-3,6H3. The molecule has 0 amide bonds. The minimum Gasteiger partial charge on any atom is -0.423 e. The second-order valence-electron chi connectivity index (χ2n) is 4.41. The summed E-state index contributed by atoms with van der Waals surface area (Å²) in [6.07, 6.45) is 6.76. The maximum Gasteiger partial charge on any atom is 0.146 e. The fraction of sp³-hybridized carbons (Fsp3) is 0.833. The van der Waals surface area contributed by atoms with Crippen molar-refractivity contribution >= 4 is 10.5 Å². The van der Waals surface area contributed by atoms with Crippen LogP contribution in [0.5, 0.6) is 0 Å². The van der Waals surface area contributed by atoms with E-state index in [-0.39, 0.29) is 5.60 Å². The van der Waals surface area contributed by atoms with Crippen molar-refractivity contribution in [3.05, 3.63) is 12.2 Å². The van der Waals surface area contributed by atoms with E-state index in [4.69, 9.17) is 9.16 Å². The number of ether oxygens (including phenoxy) is 1. The molecule has 0 fully saturated rings. The molecule has 1 atom stereocenters. The molecular formula is C12H28O2Si. The van der Waals surface area contributed by atoms with E-state index in [0.717, 1.165) is 16.9 Å². The summed E-state index contributed by atoms with van der Waals surface area (Å²) in [7, 11) is 2.60. The van der Waals surface area contributed by atoms with Crippen LogP contribution in [0.4, 0.5) is 0 Å². The third-order valence-electron chi connectivity index (χ3n) is 1.90. The summed E-state index contributed by atoms with van der Waals surface area (Å²) in [4.78, 5) is 0. The molecule has 0 saturated heterocycles. The van der Waals surface area contributed by atoms with Crippen molar-refractivity contribution in [1.29, 1.82) is 0 Å². The molecule has 3 heteroatoms. The van der Waals surface area contributed by atoms with E-state index in [1.54, 1.807) is 7.11 Å². The molecule has 0 N–H and O–H groups in total. The van der Waals surface area contributed by atoms with Crippen molar-refractivity contribution in [2.24, 2.45) is 0 Å². The minimum atomic E-state index is 0.103. The third kappa shape index (κ3) is 16.5. The van der Waals surface area contributed by atoms with Crippen LogP contribution in [-0.4, -0.2) is 29.3 Å². The number of hydrogen-bond donors (Lipinski definition) is 0. The van der Waals surface area contributed by atoms with Gasteiger partial charge in [-0.3, -0.25) is 0 Å². The zero-order valence-corrected chi connectivity index (χ0v) is 13.5. The van der Waals surface area contributed by atoms with Crippen LogP contribution in [0.15, 0.2) is 12.2 Å². The van der Waals surface area contributed by atoms with E-state index >= 15 is 0 Å². The summed E-state index contributed by atoms with van der Waals surface area (Å²) in [5.74, 6) is 0. The number of hydrogen-bond acceptors (Lipinski definition) is 2. The highest BCUT2D eigenvalue weighted by Crippen LogP contribution is 2.02. The van der Waals surface area contributed by atoms with Gasteiger partial charge in [-0.2, -0.15) is 0 Å². The van der Waals surface area contributed by atoms with Gasteiger partial charge in [0.1, 0.15) is 10.5 Å². The van der Waals surface area contributed by atoms with Crippen LogP contribution < -0.4 is 0 Å². The fourth-order valence-corrected chi connectivity index (χ4v) is 0.792. The van der Waals surface area contributed by atoms with Gasteiger partial charge in [0.15, 0.2) is 0 Å². The molecule has 15 heavy (non-hydrogen) atoms. The van der Waals surface area contributed by atoms with Gasteiger partial charge in [-0.25, -0.2) is 0 Å². The van der Waals surface area contributed by atoms with E-state index in [1.165, 1.54) is 6.42 Å². The first kappa shape index (κ1) is 17.3. The molecule has 0 aromatic rings. The van der Waals surface area contributed by atoms with Gasteiger partial charge >= 0.3 is 0 Å². The van der Waals surface area contributed by atoms with Gasteiger partial charge < -0.3 is 9.16 Å². The van der Waals surface area contributed by atoms with Gasteiger partial charge in [0.05, 0.1) is 6.10 Å². The number of methoxy groups -OCH3 is 1. The normalized spacial score (nSPS) is 13.7. The van der Waals surface area contributed by atoms with Crippen molar-refractivity contribution in [2.45, 2.75) is 59.2 Å².